The normalized spacial score (nSPS) is 23.8. The quantitative estimate of drug-likeness (QED) is 0.730. The Kier molecular flexibility index (Phi) is 5.81. The number of rotatable bonds is 5. The van der Waals surface area contributed by atoms with E-state index in [0.717, 1.165) is 30.4 Å². The maximum absolute atomic E-state index is 12.7. The second kappa shape index (κ2) is 8.66. The molecule has 1 fully saturated rings. The van der Waals surface area contributed by atoms with E-state index in [2.05, 4.69) is 16.7 Å². The van der Waals surface area contributed by atoms with Gasteiger partial charge in [0.15, 0.2) is 0 Å². The number of aliphatic hydroxyl groups excluding tert-OH is 1. The van der Waals surface area contributed by atoms with E-state index in [1.165, 1.54) is 5.56 Å². The summed E-state index contributed by atoms with van der Waals surface area (Å²) >= 11 is 0. The van der Waals surface area contributed by atoms with Gasteiger partial charge in [0, 0.05) is 19.1 Å². The minimum absolute atomic E-state index is 0.00788. The third-order valence-electron chi connectivity index (χ3n) is 6.01. The first-order chi connectivity index (χ1) is 14.2. The van der Waals surface area contributed by atoms with Gasteiger partial charge in [-0.3, -0.25) is 4.79 Å². The molecule has 1 aliphatic heterocycles. The monoisotopic (exact) mass is 393 g/mol. The van der Waals surface area contributed by atoms with Crippen LogP contribution in [0.4, 0.5) is 4.79 Å². The summed E-state index contributed by atoms with van der Waals surface area (Å²) in [7, 11) is 0. The molecule has 0 radical (unpaired) electrons. The number of benzene rings is 2. The van der Waals surface area contributed by atoms with Gasteiger partial charge in [0.1, 0.15) is 6.54 Å². The van der Waals surface area contributed by atoms with Crippen molar-refractivity contribution in [2.24, 2.45) is 5.92 Å². The van der Waals surface area contributed by atoms with Crippen LogP contribution in [0, 0.1) is 5.92 Å². The number of amides is 3. The number of carbonyl (C=O) groups is 2. The first kappa shape index (κ1) is 19.5. The summed E-state index contributed by atoms with van der Waals surface area (Å²) in [6.07, 6.45) is 2.50. The summed E-state index contributed by atoms with van der Waals surface area (Å²) in [6, 6.07) is 17.5. The number of hydrogen-bond acceptors (Lipinski definition) is 3. The molecule has 0 bridgehead atoms. The molecule has 3 N–H and O–H groups in total. The minimum Gasteiger partial charge on any atom is -0.396 e. The topological polar surface area (TPSA) is 81.7 Å². The van der Waals surface area contributed by atoms with Crippen LogP contribution >= 0.6 is 0 Å². The van der Waals surface area contributed by atoms with Crippen molar-refractivity contribution >= 4 is 11.9 Å². The summed E-state index contributed by atoms with van der Waals surface area (Å²) in [6.45, 7) is 0.579. The number of aryl methyl sites for hydroxylation is 1. The molecule has 2 aromatic rings. The van der Waals surface area contributed by atoms with Crippen molar-refractivity contribution in [3.05, 3.63) is 71.3 Å². The largest absolute Gasteiger partial charge is 0.396 e. The van der Waals surface area contributed by atoms with Gasteiger partial charge < -0.3 is 20.6 Å². The van der Waals surface area contributed by atoms with Gasteiger partial charge in [0.2, 0.25) is 5.91 Å². The van der Waals surface area contributed by atoms with Gasteiger partial charge in [-0.15, -0.1) is 0 Å². The summed E-state index contributed by atoms with van der Waals surface area (Å²) in [5.74, 6) is -0.204. The molecule has 2 aromatic carbocycles. The lowest BCUT2D eigenvalue weighted by molar-refractivity contribution is -0.123. The predicted octanol–water partition coefficient (Wildman–Crippen LogP) is 2.56. The molecule has 0 saturated carbocycles. The van der Waals surface area contributed by atoms with Crippen LogP contribution in [0.25, 0.3) is 0 Å². The molecule has 1 unspecified atom stereocenters. The van der Waals surface area contributed by atoms with Gasteiger partial charge in [-0.1, -0.05) is 54.6 Å². The third kappa shape index (κ3) is 4.27. The van der Waals surface area contributed by atoms with E-state index in [4.69, 9.17) is 0 Å². The lowest BCUT2D eigenvalue weighted by atomic mass is 9.80. The van der Waals surface area contributed by atoms with Crippen LogP contribution in [0.3, 0.4) is 0 Å². The number of nitrogens with one attached hydrogen (secondary N) is 2. The Morgan fingerprint density at radius 1 is 1.10 bits per heavy atom. The highest BCUT2D eigenvalue weighted by Gasteiger charge is 2.32. The Morgan fingerprint density at radius 3 is 2.62 bits per heavy atom. The van der Waals surface area contributed by atoms with Crippen LogP contribution in [0.2, 0.25) is 0 Å². The van der Waals surface area contributed by atoms with Gasteiger partial charge in [0.05, 0.1) is 12.1 Å². The van der Waals surface area contributed by atoms with E-state index in [9.17, 15) is 14.7 Å². The van der Waals surface area contributed by atoms with Crippen LogP contribution in [0.15, 0.2) is 54.6 Å². The van der Waals surface area contributed by atoms with E-state index in [1.807, 2.05) is 48.5 Å². The number of carbonyl (C=O) groups excluding carboxylic acids is 2. The molecule has 3 atom stereocenters. The van der Waals surface area contributed by atoms with Crippen LogP contribution < -0.4 is 10.6 Å². The van der Waals surface area contributed by atoms with Crippen molar-refractivity contribution in [1.29, 1.82) is 0 Å². The van der Waals surface area contributed by atoms with Gasteiger partial charge >= 0.3 is 6.03 Å². The highest BCUT2D eigenvalue weighted by Crippen LogP contribution is 2.34. The van der Waals surface area contributed by atoms with E-state index in [-0.39, 0.29) is 43.1 Å². The molecule has 1 aliphatic carbocycles. The standard InChI is InChI=1S/C23H27N3O3/c27-15-18-11-10-16-6-4-5-9-19(16)22(18)25-21(28)14-26-13-12-20(24-23(26)29)17-7-2-1-3-8-17/h1-9,18,20,22,27H,10-15H2,(H,24,29)(H,25,28)/t18-,20?,22+/m0/s1. The van der Waals surface area contributed by atoms with Gasteiger partial charge in [-0.25, -0.2) is 4.79 Å². The van der Waals surface area contributed by atoms with Crippen molar-refractivity contribution < 1.29 is 14.7 Å². The van der Waals surface area contributed by atoms with Crippen molar-refractivity contribution in [3.8, 4) is 0 Å². The fraction of sp³-hybridized carbons (Fsp3) is 0.391. The molecule has 1 saturated heterocycles. The van der Waals surface area contributed by atoms with Crippen molar-refractivity contribution in [3.63, 3.8) is 0 Å². The number of fused-ring (bicyclic) bond motifs is 1. The highest BCUT2D eigenvalue weighted by molar-refractivity contribution is 5.85. The first-order valence-electron chi connectivity index (χ1n) is 10.2. The number of hydrogen-bond donors (Lipinski definition) is 3. The lowest BCUT2D eigenvalue weighted by Crippen LogP contribution is -2.52. The van der Waals surface area contributed by atoms with Gasteiger partial charge in [0.25, 0.3) is 0 Å². The zero-order valence-corrected chi connectivity index (χ0v) is 16.4. The van der Waals surface area contributed by atoms with Crippen molar-refractivity contribution in [2.75, 3.05) is 19.7 Å². The Balaban J connectivity index is 1.38. The Morgan fingerprint density at radius 2 is 1.86 bits per heavy atom. The van der Waals surface area contributed by atoms with Crippen LogP contribution in [-0.4, -0.2) is 41.6 Å². The molecule has 0 spiro atoms. The van der Waals surface area contributed by atoms with Crippen LogP contribution in [0.1, 0.15) is 41.6 Å². The van der Waals surface area contributed by atoms with Gasteiger partial charge in [-0.05, 0) is 36.0 Å². The van der Waals surface area contributed by atoms with E-state index >= 15 is 0 Å². The van der Waals surface area contributed by atoms with Crippen LogP contribution in [0.5, 0.6) is 0 Å². The summed E-state index contributed by atoms with van der Waals surface area (Å²) < 4.78 is 0. The average molecular weight is 393 g/mol. The fourth-order valence-electron chi connectivity index (χ4n) is 4.40. The number of urea groups is 1. The molecule has 6 nitrogen and oxygen atoms in total. The molecule has 6 heteroatoms. The van der Waals surface area contributed by atoms with E-state index < -0.39 is 0 Å². The molecule has 152 valence electrons. The Labute approximate surface area is 170 Å². The minimum atomic E-state index is -0.220. The maximum atomic E-state index is 12.7. The summed E-state index contributed by atoms with van der Waals surface area (Å²) in [5.41, 5.74) is 3.36. The number of aliphatic hydroxyl groups is 1. The third-order valence-corrected chi connectivity index (χ3v) is 6.01. The van der Waals surface area contributed by atoms with E-state index in [0.29, 0.717) is 6.54 Å². The zero-order chi connectivity index (χ0) is 20.2. The maximum Gasteiger partial charge on any atom is 0.318 e. The fourth-order valence-corrected chi connectivity index (χ4v) is 4.40. The Hall–Kier alpha value is -2.86. The average Bonchev–Trinajstić information content (AvgIpc) is 2.76. The SMILES string of the molecule is O=C(CN1CCC(c2ccccc2)NC1=O)N[C@H]1c2ccccc2CC[C@H]1CO. The lowest BCUT2D eigenvalue weighted by Gasteiger charge is -2.35. The second-order valence-electron chi connectivity index (χ2n) is 7.85. The second-order valence-corrected chi connectivity index (χ2v) is 7.85. The summed E-state index contributed by atoms with van der Waals surface area (Å²) in [5, 5.41) is 15.8. The van der Waals surface area contributed by atoms with Crippen molar-refractivity contribution in [2.45, 2.75) is 31.3 Å². The molecule has 29 heavy (non-hydrogen) atoms. The molecular formula is C23H27N3O3. The molecule has 3 amide bonds. The van der Waals surface area contributed by atoms with Crippen molar-refractivity contribution in [1.82, 2.24) is 15.5 Å². The summed E-state index contributed by atoms with van der Waals surface area (Å²) in [4.78, 5) is 26.8. The molecule has 0 aromatic heterocycles. The first-order valence-corrected chi connectivity index (χ1v) is 10.2. The highest BCUT2D eigenvalue weighted by atomic mass is 16.3. The molecular weight excluding hydrogens is 366 g/mol. The zero-order valence-electron chi connectivity index (χ0n) is 16.4. The molecule has 1 heterocycles. The van der Waals surface area contributed by atoms with Gasteiger partial charge in [-0.2, -0.15) is 0 Å². The Bertz CT molecular complexity index is 871. The number of nitrogens with zero attached hydrogens (tertiary/aromatic N) is 1. The van der Waals surface area contributed by atoms with E-state index in [1.54, 1.807) is 4.90 Å². The smallest absolute Gasteiger partial charge is 0.318 e. The van der Waals surface area contributed by atoms with Crippen LogP contribution in [-0.2, 0) is 11.2 Å². The predicted molar refractivity (Wildman–Crippen MR) is 110 cm³/mol. The molecule has 2 aliphatic rings. The molecule has 4 rings (SSSR count).